The van der Waals surface area contributed by atoms with Crippen molar-refractivity contribution in [3.8, 4) is 11.5 Å². The molecule has 88 valence electrons. The van der Waals surface area contributed by atoms with Crippen LogP contribution in [0.5, 0.6) is 11.5 Å². The lowest BCUT2D eigenvalue weighted by Gasteiger charge is -2.21. The van der Waals surface area contributed by atoms with Gasteiger partial charge in [0, 0.05) is 6.07 Å². The summed E-state index contributed by atoms with van der Waals surface area (Å²) in [6.07, 6.45) is 0.711. The monoisotopic (exact) mass is 258 g/mol. The van der Waals surface area contributed by atoms with Gasteiger partial charge in [0.05, 0.1) is 17.7 Å². The van der Waals surface area contributed by atoms with Crippen molar-refractivity contribution in [2.24, 2.45) is 0 Å². The molecule has 0 fully saturated rings. The Labute approximate surface area is 101 Å². The van der Waals surface area contributed by atoms with Crippen LogP contribution in [0.3, 0.4) is 0 Å². The molecule has 0 radical (unpaired) electrons. The summed E-state index contributed by atoms with van der Waals surface area (Å²) in [5, 5.41) is 0.435. The first kappa shape index (κ1) is 13.1. The summed E-state index contributed by atoms with van der Waals surface area (Å²) in [7, 11) is -0.213. The molecule has 0 heterocycles. The fourth-order valence-corrected chi connectivity index (χ4v) is 2.33. The highest BCUT2D eigenvalue weighted by Crippen LogP contribution is 2.33. The highest BCUT2D eigenvalue weighted by atomic mass is 35.5. The van der Waals surface area contributed by atoms with Gasteiger partial charge in [-0.3, -0.25) is 4.79 Å². The highest BCUT2D eigenvalue weighted by Gasteiger charge is 2.19. The van der Waals surface area contributed by atoms with Gasteiger partial charge in [0.2, 0.25) is 8.32 Å². The minimum absolute atomic E-state index is 0.426. The number of benzene rings is 1. The van der Waals surface area contributed by atoms with E-state index in [1.807, 2.05) is 0 Å². The second kappa shape index (κ2) is 4.89. The van der Waals surface area contributed by atoms with Crippen LogP contribution in [-0.2, 0) is 0 Å². The topological polar surface area (TPSA) is 35.5 Å². The van der Waals surface area contributed by atoms with Crippen LogP contribution in [0, 0.1) is 0 Å². The van der Waals surface area contributed by atoms with Gasteiger partial charge in [0.15, 0.2) is 6.29 Å². The first-order valence-corrected chi connectivity index (χ1v) is 8.67. The molecular formula is C11H15ClO3Si. The van der Waals surface area contributed by atoms with Crippen molar-refractivity contribution in [1.29, 1.82) is 0 Å². The molecule has 0 amide bonds. The maximum Gasteiger partial charge on any atom is 0.242 e. The number of carbonyl (C=O) groups is 1. The van der Waals surface area contributed by atoms with Crippen LogP contribution in [-0.4, -0.2) is 21.7 Å². The predicted octanol–water partition coefficient (Wildman–Crippen LogP) is 3.37. The molecule has 0 aliphatic heterocycles. The van der Waals surface area contributed by atoms with E-state index in [-0.39, 0.29) is 0 Å². The average molecular weight is 259 g/mol. The molecule has 5 heteroatoms. The van der Waals surface area contributed by atoms with Gasteiger partial charge in [-0.15, -0.1) is 0 Å². The standard InChI is InChI=1S/C11H15ClO3Si/c1-14-10-6-11(15-16(2,3)4)9(12)5-8(10)7-13/h5-7H,1-4H3. The van der Waals surface area contributed by atoms with Crippen LogP contribution in [0.15, 0.2) is 12.1 Å². The zero-order chi connectivity index (χ0) is 12.3. The third kappa shape index (κ3) is 3.25. The van der Waals surface area contributed by atoms with E-state index in [4.69, 9.17) is 20.8 Å². The smallest absolute Gasteiger partial charge is 0.242 e. The molecule has 16 heavy (non-hydrogen) atoms. The largest absolute Gasteiger partial charge is 0.543 e. The number of ether oxygens (including phenoxy) is 1. The molecule has 1 aromatic carbocycles. The van der Waals surface area contributed by atoms with E-state index >= 15 is 0 Å². The zero-order valence-corrected chi connectivity index (χ0v) is 11.6. The Bertz CT molecular complexity index is 399. The zero-order valence-electron chi connectivity index (χ0n) is 9.83. The number of rotatable bonds is 4. The average Bonchev–Trinajstić information content (AvgIpc) is 2.18. The van der Waals surface area contributed by atoms with Crippen molar-refractivity contribution in [2.45, 2.75) is 19.6 Å². The molecule has 0 aliphatic carbocycles. The van der Waals surface area contributed by atoms with Crippen LogP contribution >= 0.6 is 11.6 Å². The molecule has 1 rings (SSSR count). The SMILES string of the molecule is COc1cc(O[Si](C)(C)C)c(Cl)cc1C=O. The number of halogens is 1. The lowest BCUT2D eigenvalue weighted by atomic mass is 10.2. The maximum atomic E-state index is 10.8. The van der Waals surface area contributed by atoms with Gasteiger partial charge in [-0.1, -0.05) is 11.6 Å². The van der Waals surface area contributed by atoms with Gasteiger partial charge >= 0.3 is 0 Å². The van der Waals surface area contributed by atoms with Gasteiger partial charge in [-0.25, -0.2) is 0 Å². The summed E-state index contributed by atoms with van der Waals surface area (Å²) < 4.78 is 10.9. The molecule has 0 saturated carbocycles. The van der Waals surface area contributed by atoms with Gasteiger partial charge in [-0.05, 0) is 25.7 Å². The van der Waals surface area contributed by atoms with Crippen molar-refractivity contribution in [2.75, 3.05) is 7.11 Å². The fourth-order valence-electron chi connectivity index (χ4n) is 1.23. The molecule has 0 spiro atoms. The summed E-state index contributed by atoms with van der Waals surface area (Å²) >= 11 is 6.03. The second-order valence-corrected chi connectivity index (χ2v) is 9.19. The summed E-state index contributed by atoms with van der Waals surface area (Å²) in [6.45, 7) is 6.18. The number of hydrogen-bond acceptors (Lipinski definition) is 3. The van der Waals surface area contributed by atoms with Gasteiger partial charge < -0.3 is 9.16 Å². The van der Waals surface area contributed by atoms with E-state index in [1.54, 1.807) is 12.1 Å². The summed E-state index contributed by atoms with van der Waals surface area (Å²) in [5.41, 5.74) is 0.426. The minimum Gasteiger partial charge on any atom is -0.543 e. The molecule has 0 atom stereocenters. The van der Waals surface area contributed by atoms with Crippen LogP contribution in [0.1, 0.15) is 10.4 Å². The third-order valence-electron chi connectivity index (χ3n) is 1.83. The number of carbonyl (C=O) groups excluding carboxylic acids is 1. The van der Waals surface area contributed by atoms with Crippen LogP contribution in [0.2, 0.25) is 24.7 Å². The fraction of sp³-hybridized carbons (Fsp3) is 0.364. The molecule has 1 aromatic rings. The molecule has 0 saturated heterocycles. The van der Waals surface area contributed by atoms with E-state index in [9.17, 15) is 4.79 Å². The summed E-state index contributed by atoms with van der Waals surface area (Å²) in [4.78, 5) is 10.8. The Balaban J connectivity index is 3.16. The Morgan fingerprint density at radius 2 is 1.88 bits per heavy atom. The third-order valence-corrected chi connectivity index (χ3v) is 2.95. The maximum absolute atomic E-state index is 10.8. The highest BCUT2D eigenvalue weighted by molar-refractivity contribution is 6.70. The van der Waals surface area contributed by atoms with E-state index in [0.29, 0.717) is 28.4 Å². The van der Waals surface area contributed by atoms with E-state index in [2.05, 4.69) is 19.6 Å². The van der Waals surface area contributed by atoms with Crippen LogP contribution in [0.25, 0.3) is 0 Å². The lowest BCUT2D eigenvalue weighted by Crippen LogP contribution is -2.29. The van der Waals surface area contributed by atoms with Crippen LogP contribution in [0.4, 0.5) is 0 Å². The van der Waals surface area contributed by atoms with E-state index in [0.717, 1.165) is 0 Å². The van der Waals surface area contributed by atoms with E-state index in [1.165, 1.54) is 7.11 Å². The first-order chi connectivity index (χ1) is 7.37. The van der Waals surface area contributed by atoms with Crippen molar-refractivity contribution < 1.29 is 14.0 Å². The summed E-state index contributed by atoms with van der Waals surface area (Å²) in [5.74, 6) is 1.05. The predicted molar refractivity (Wildman–Crippen MR) is 67.4 cm³/mol. The van der Waals surface area contributed by atoms with Gasteiger partial charge in [0.1, 0.15) is 11.5 Å². The molecular weight excluding hydrogens is 244 g/mol. The van der Waals surface area contributed by atoms with Crippen molar-refractivity contribution in [1.82, 2.24) is 0 Å². The molecule has 0 bridgehead atoms. The van der Waals surface area contributed by atoms with Gasteiger partial charge in [-0.2, -0.15) is 0 Å². The normalized spacial score (nSPS) is 11.1. The Hall–Kier alpha value is -1.00. The Kier molecular flexibility index (Phi) is 3.99. The van der Waals surface area contributed by atoms with Crippen molar-refractivity contribution in [3.05, 3.63) is 22.7 Å². The quantitative estimate of drug-likeness (QED) is 0.614. The lowest BCUT2D eigenvalue weighted by molar-refractivity contribution is 0.112. The van der Waals surface area contributed by atoms with Crippen molar-refractivity contribution >= 4 is 26.2 Å². The van der Waals surface area contributed by atoms with Gasteiger partial charge in [0.25, 0.3) is 0 Å². The number of hydrogen-bond donors (Lipinski definition) is 0. The summed E-state index contributed by atoms with van der Waals surface area (Å²) in [6, 6.07) is 3.22. The molecule has 3 nitrogen and oxygen atoms in total. The molecule has 0 aliphatic rings. The molecule has 0 N–H and O–H groups in total. The molecule has 0 unspecified atom stereocenters. The second-order valence-electron chi connectivity index (χ2n) is 4.36. The first-order valence-electron chi connectivity index (χ1n) is 4.89. The van der Waals surface area contributed by atoms with E-state index < -0.39 is 8.32 Å². The van der Waals surface area contributed by atoms with Crippen molar-refractivity contribution in [3.63, 3.8) is 0 Å². The molecule has 0 aromatic heterocycles. The number of methoxy groups -OCH3 is 1. The minimum atomic E-state index is -1.72. The number of aldehydes is 1. The Morgan fingerprint density at radius 1 is 1.25 bits per heavy atom. The van der Waals surface area contributed by atoms with Crippen LogP contribution < -0.4 is 9.16 Å². The Morgan fingerprint density at radius 3 is 2.31 bits per heavy atom.